The molecule has 0 radical (unpaired) electrons. The third kappa shape index (κ3) is 5.88. The van der Waals surface area contributed by atoms with Crippen LogP contribution in [0.4, 0.5) is 0 Å². The third-order valence-corrected chi connectivity index (χ3v) is 10.1. The van der Waals surface area contributed by atoms with Gasteiger partial charge in [0.2, 0.25) is 15.9 Å². The smallest absolute Gasteiger partial charge is 0.251 e. The molecule has 3 aromatic carbocycles. The van der Waals surface area contributed by atoms with Gasteiger partial charge in [-0.15, -0.1) is 0 Å². The molecule has 1 aliphatic heterocycles. The van der Waals surface area contributed by atoms with Crippen molar-refractivity contribution in [2.75, 3.05) is 13.1 Å². The third-order valence-electron chi connectivity index (χ3n) is 8.12. The lowest BCUT2D eigenvalue weighted by Gasteiger charge is -2.54. The number of hydrogen-bond donors (Lipinski definition) is 2. The van der Waals surface area contributed by atoms with E-state index in [1.807, 2.05) is 18.2 Å². The minimum absolute atomic E-state index is 0.0647. The molecule has 5 rings (SSSR count). The quantitative estimate of drug-likeness (QED) is 0.373. The number of carbonyl (C=O) groups is 2. The molecule has 1 unspecified atom stereocenters. The fraction of sp³-hybridized carbons (Fsp3) is 0.312. The van der Waals surface area contributed by atoms with Crippen LogP contribution < -0.4 is 10.6 Å². The maximum Gasteiger partial charge on any atom is 0.251 e. The molecule has 2 fully saturated rings. The molecule has 2 N–H and O–H groups in total. The maximum absolute atomic E-state index is 13.6. The highest BCUT2D eigenvalue weighted by Crippen LogP contribution is 2.46. The molecular weight excluding hydrogens is 522 g/mol. The van der Waals surface area contributed by atoms with Crippen molar-refractivity contribution in [1.82, 2.24) is 14.9 Å². The number of amides is 2. The Morgan fingerprint density at radius 2 is 1.62 bits per heavy atom. The van der Waals surface area contributed by atoms with Gasteiger partial charge < -0.3 is 10.6 Å². The molecule has 40 heavy (non-hydrogen) atoms. The lowest BCUT2D eigenvalue weighted by Crippen LogP contribution is -2.63. The molecule has 1 aliphatic carbocycles. The Morgan fingerprint density at radius 1 is 0.950 bits per heavy atom. The van der Waals surface area contributed by atoms with E-state index in [-0.39, 0.29) is 22.8 Å². The number of carbonyl (C=O) groups excluding carboxylic acids is 2. The summed E-state index contributed by atoms with van der Waals surface area (Å²) < 4.78 is 28.9. The summed E-state index contributed by atoms with van der Waals surface area (Å²) in [5, 5.41) is 5.87. The molecule has 1 heterocycles. The second kappa shape index (κ2) is 11.8. The van der Waals surface area contributed by atoms with E-state index in [0.29, 0.717) is 37.9 Å². The first-order valence-corrected chi connectivity index (χ1v) is 15.2. The van der Waals surface area contributed by atoms with Crippen molar-refractivity contribution in [1.29, 1.82) is 0 Å². The molecule has 1 saturated carbocycles. The van der Waals surface area contributed by atoms with Crippen molar-refractivity contribution in [3.05, 3.63) is 103 Å². The Bertz CT molecular complexity index is 1460. The number of piperidine rings is 1. The van der Waals surface area contributed by atoms with Gasteiger partial charge in [-0.25, -0.2) is 8.42 Å². The van der Waals surface area contributed by atoms with Gasteiger partial charge in [0.1, 0.15) is 0 Å². The average Bonchev–Trinajstić information content (AvgIpc) is 2.97. The number of nitrogens with zero attached hydrogens (tertiary/aromatic N) is 1. The Kier molecular flexibility index (Phi) is 8.19. The second-order valence-electron chi connectivity index (χ2n) is 10.7. The molecule has 208 valence electrons. The standard InChI is InChI=1S/C32H35N3O4S/c1-2-30(36)34-28-18-22-35(32(23-28)19-6-20-32)40(38,39)29-15-13-27(14-16-29)31(37)33-21-17-24-9-11-26(12-10-24)25-7-4-3-5-8-25/h2-5,7-16,28H,1,6,17-23H2,(H,33,37)(H,34,36). The minimum atomic E-state index is -3.74. The summed E-state index contributed by atoms with van der Waals surface area (Å²) in [6, 6.07) is 24.6. The second-order valence-corrected chi connectivity index (χ2v) is 12.5. The zero-order chi connectivity index (χ0) is 28.2. The van der Waals surface area contributed by atoms with Crippen LogP contribution in [-0.2, 0) is 21.2 Å². The first-order valence-electron chi connectivity index (χ1n) is 13.8. The topological polar surface area (TPSA) is 95.6 Å². The zero-order valence-corrected chi connectivity index (χ0v) is 23.3. The number of rotatable bonds is 9. The van der Waals surface area contributed by atoms with Gasteiger partial charge in [0.15, 0.2) is 0 Å². The van der Waals surface area contributed by atoms with Crippen LogP contribution in [0.1, 0.15) is 48.0 Å². The Hall–Kier alpha value is -3.75. The van der Waals surface area contributed by atoms with Crippen molar-refractivity contribution in [2.45, 2.75) is 55.0 Å². The van der Waals surface area contributed by atoms with Crippen LogP contribution in [-0.4, -0.2) is 49.2 Å². The maximum atomic E-state index is 13.6. The van der Waals surface area contributed by atoms with Gasteiger partial charge in [-0.05, 0) is 85.6 Å². The van der Waals surface area contributed by atoms with E-state index >= 15 is 0 Å². The van der Waals surface area contributed by atoms with E-state index in [0.717, 1.165) is 36.0 Å². The number of nitrogens with one attached hydrogen (secondary N) is 2. The molecule has 0 bridgehead atoms. The van der Waals surface area contributed by atoms with Crippen molar-refractivity contribution in [2.24, 2.45) is 0 Å². The average molecular weight is 558 g/mol. The van der Waals surface area contributed by atoms with Gasteiger partial charge in [0.05, 0.1) is 4.90 Å². The number of hydrogen-bond acceptors (Lipinski definition) is 4. The Labute approximate surface area is 236 Å². The first kappa shape index (κ1) is 27.8. The molecule has 7 nitrogen and oxygen atoms in total. The summed E-state index contributed by atoms with van der Waals surface area (Å²) in [4.78, 5) is 24.7. The zero-order valence-electron chi connectivity index (χ0n) is 22.5. The van der Waals surface area contributed by atoms with Gasteiger partial charge in [-0.2, -0.15) is 4.31 Å². The van der Waals surface area contributed by atoms with E-state index < -0.39 is 15.6 Å². The number of sulfonamides is 1. The summed E-state index contributed by atoms with van der Waals surface area (Å²) in [5.41, 5.74) is 3.39. The predicted molar refractivity (Wildman–Crippen MR) is 156 cm³/mol. The highest BCUT2D eigenvalue weighted by atomic mass is 32.2. The fourth-order valence-electron chi connectivity index (χ4n) is 5.79. The van der Waals surface area contributed by atoms with E-state index in [4.69, 9.17) is 0 Å². The van der Waals surface area contributed by atoms with E-state index in [1.165, 1.54) is 18.2 Å². The highest BCUT2D eigenvalue weighted by Gasteiger charge is 2.51. The fourth-order valence-corrected chi connectivity index (χ4v) is 7.64. The molecular formula is C32H35N3O4S. The van der Waals surface area contributed by atoms with Crippen LogP contribution >= 0.6 is 0 Å². The Morgan fingerprint density at radius 3 is 2.25 bits per heavy atom. The summed E-state index contributed by atoms with van der Waals surface area (Å²) >= 11 is 0. The number of benzene rings is 3. The molecule has 1 spiro atoms. The molecule has 0 aromatic heterocycles. The van der Waals surface area contributed by atoms with Crippen molar-refractivity contribution in [3.8, 4) is 11.1 Å². The van der Waals surface area contributed by atoms with Crippen LogP contribution in [0.5, 0.6) is 0 Å². The summed E-state index contributed by atoms with van der Waals surface area (Å²) in [7, 11) is -3.74. The van der Waals surface area contributed by atoms with Crippen molar-refractivity contribution in [3.63, 3.8) is 0 Å². The molecule has 1 atom stereocenters. The van der Waals surface area contributed by atoms with Gasteiger partial charge >= 0.3 is 0 Å². The highest BCUT2D eigenvalue weighted by molar-refractivity contribution is 7.89. The van der Waals surface area contributed by atoms with Gasteiger partial charge in [-0.1, -0.05) is 61.2 Å². The van der Waals surface area contributed by atoms with Crippen LogP contribution in [0.15, 0.2) is 96.4 Å². The normalized spacial score (nSPS) is 18.4. The van der Waals surface area contributed by atoms with Crippen molar-refractivity contribution < 1.29 is 18.0 Å². The summed E-state index contributed by atoms with van der Waals surface area (Å²) in [5.74, 6) is -0.468. The molecule has 1 saturated heterocycles. The first-order chi connectivity index (χ1) is 19.3. The molecule has 3 aromatic rings. The van der Waals surface area contributed by atoms with E-state index in [2.05, 4.69) is 53.6 Å². The van der Waals surface area contributed by atoms with Crippen LogP contribution in [0.25, 0.3) is 11.1 Å². The summed E-state index contributed by atoms with van der Waals surface area (Å²) in [6.45, 7) is 4.33. The van der Waals surface area contributed by atoms with Crippen LogP contribution in [0.3, 0.4) is 0 Å². The lowest BCUT2D eigenvalue weighted by molar-refractivity contribution is -0.117. The van der Waals surface area contributed by atoms with Crippen molar-refractivity contribution >= 4 is 21.8 Å². The van der Waals surface area contributed by atoms with E-state index in [1.54, 1.807) is 16.4 Å². The molecule has 8 heteroatoms. The van der Waals surface area contributed by atoms with Gasteiger partial charge in [-0.3, -0.25) is 9.59 Å². The van der Waals surface area contributed by atoms with Crippen LogP contribution in [0, 0.1) is 0 Å². The Balaban J connectivity index is 1.17. The monoisotopic (exact) mass is 557 g/mol. The SMILES string of the molecule is C=CC(=O)NC1CCN(S(=O)(=O)c2ccc(C(=O)NCCc3ccc(-c4ccccc4)cc3)cc2)C2(CCC2)C1. The largest absolute Gasteiger partial charge is 0.352 e. The predicted octanol–water partition coefficient (Wildman–Crippen LogP) is 4.70. The molecule has 2 aliphatic rings. The van der Waals surface area contributed by atoms with E-state index in [9.17, 15) is 18.0 Å². The molecule has 2 amide bonds. The van der Waals surface area contributed by atoms with Gasteiger partial charge in [0, 0.05) is 30.2 Å². The summed E-state index contributed by atoms with van der Waals surface area (Å²) in [6.07, 6.45) is 5.61. The minimum Gasteiger partial charge on any atom is -0.352 e. The van der Waals surface area contributed by atoms with Crippen LogP contribution in [0.2, 0.25) is 0 Å². The van der Waals surface area contributed by atoms with Gasteiger partial charge in [0.25, 0.3) is 5.91 Å². The lowest BCUT2D eigenvalue weighted by atomic mass is 9.70.